The van der Waals surface area contributed by atoms with Gasteiger partial charge >= 0.3 is 0 Å². The van der Waals surface area contributed by atoms with Crippen LogP contribution in [-0.4, -0.2) is 41.3 Å². The normalized spacial score (nSPS) is 11.9. The fourth-order valence-electron chi connectivity index (χ4n) is 0.807. The van der Waals surface area contributed by atoms with Crippen LogP contribution in [0.1, 0.15) is 13.3 Å². The van der Waals surface area contributed by atoms with Crippen LogP contribution < -0.4 is 15.2 Å². The first-order valence-corrected chi connectivity index (χ1v) is 6.12. The fraction of sp³-hybridized carbons (Fsp3) is 1.00. The Hall–Kier alpha value is -0.210. The summed E-state index contributed by atoms with van der Waals surface area (Å²) in [6.07, 6.45) is 0.643. The van der Waals surface area contributed by atoms with E-state index in [9.17, 15) is 8.42 Å². The van der Waals surface area contributed by atoms with Crippen molar-refractivity contribution in [1.29, 1.82) is 0 Å². The highest BCUT2D eigenvalue weighted by molar-refractivity contribution is 7.87. The summed E-state index contributed by atoms with van der Waals surface area (Å²) in [4.78, 5) is 0. The first kappa shape index (κ1) is 13.8. The van der Waals surface area contributed by atoms with Crippen molar-refractivity contribution in [2.75, 3.05) is 32.8 Å². The molecule has 6 nitrogen and oxygen atoms in total. The quantitative estimate of drug-likeness (QED) is 0.429. The molecule has 0 amide bonds. The predicted octanol–water partition coefficient (Wildman–Crippen LogP) is -1.20. The number of hydrogen-bond donors (Lipinski definition) is 3. The molecule has 0 aromatic heterocycles. The molecule has 14 heavy (non-hydrogen) atoms. The maximum atomic E-state index is 11.0. The van der Waals surface area contributed by atoms with Crippen LogP contribution in [0.3, 0.4) is 0 Å². The van der Waals surface area contributed by atoms with Crippen molar-refractivity contribution in [3.8, 4) is 0 Å². The number of rotatable bonds is 9. The van der Waals surface area contributed by atoms with Crippen LogP contribution in [0, 0.1) is 0 Å². The maximum Gasteiger partial charge on any atom is 0.276 e. The van der Waals surface area contributed by atoms with E-state index in [-0.39, 0.29) is 0 Å². The second kappa shape index (κ2) is 8.13. The lowest BCUT2D eigenvalue weighted by Gasteiger charge is -2.06. The van der Waals surface area contributed by atoms with Crippen molar-refractivity contribution >= 4 is 10.2 Å². The Morgan fingerprint density at radius 2 is 2.00 bits per heavy atom. The fourth-order valence-corrected chi connectivity index (χ4v) is 1.70. The smallest absolute Gasteiger partial charge is 0.276 e. The summed E-state index contributed by atoms with van der Waals surface area (Å²) in [6, 6.07) is 0. The average Bonchev–Trinajstić information content (AvgIpc) is 2.11. The van der Waals surface area contributed by atoms with Gasteiger partial charge in [-0.3, -0.25) is 0 Å². The molecule has 0 aliphatic carbocycles. The summed E-state index contributed by atoms with van der Waals surface area (Å²) in [5.74, 6) is 0. The van der Waals surface area contributed by atoms with Crippen LogP contribution in [-0.2, 0) is 14.9 Å². The molecule has 0 aromatic rings. The van der Waals surface area contributed by atoms with Crippen molar-refractivity contribution in [2.24, 2.45) is 5.73 Å². The van der Waals surface area contributed by atoms with Gasteiger partial charge in [0.05, 0.1) is 6.61 Å². The zero-order chi connectivity index (χ0) is 10.9. The van der Waals surface area contributed by atoms with E-state index in [1.165, 1.54) is 0 Å². The van der Waals surface area contributed by atoms with E-state index in [4.69, 9.17) is 10.5 Å². The van der Waals surface area contributed by atoms with Gasteiger partial charge in [-0.25, -0.2) is 9.44 Å². The summed E-state index contributed by atoms with van der Waals surface area (Å²) in [5.41, 5.74) is 5.21. The topological polar surface area (TPSA) is 93.5 Å². The van der Waals surface area contributed by atoms with Crippen molar-refractivity contribution < 1.29 is 13.2 Å². The minimum Gasteiger partial charge on any atom is -0.380 e. The van der Waals surface area contributed by atoms with E-state index in [2.05, 4.69) is 9.44 Å². The highest BCUT2D eigenvalue weighted by Crippen LogP contribution is 1.82. The van der Waals surface area contributed by atoms with E-state index < -0.39 is 10.2 Å². The number of nitrogens with two attached hydrogens (primary N) is 1. The second-order valence-corrected chi connectivity index (χ2v) is 4.23. The summed E-state index contributed by atoms with van der Waals surface area (Å²) < 4.78 is 31.9. The molecule has 7 heteroatoms. The first-order valence-electron chi connectivity index (χ1n) is 4.64. The molecule has 0 aromatic carbocycles. The van der Waals surface area contributed by atoms with Crippen LogP contribution in [0.2, 0.25) is 0 Å². The molecule has 0 radical (unpaired) electrons. The summed E-state index contributed by atoms with van der Waals surface area (Å²) in [7, 11) is -3.30. The maximum absolute atomic E-state index is 11.0. The van der Waals surface area contributed by atoms with Gasteiger partial charge in [0.15, 0.2) is 0 Å². The highest BCUT2D eigenvalue weighted by Gasteiger charge is 2.04. The largest absolute Gasteiger partial charge is 0.380 e. The monoisotopic (exact) mass is 225 g/mol. The molecule has 0 saturated heterocycles. The standard InChI is InChI=1S/C7H19N3O3S/c1-2-9-14(11,12)10-5-3-6-13-7-4-8/h9-10H,2-8H2,1H3. The SMILES string of the molecule is CCNS(=O)(=O)NCCCOCCN. The van der Waals surface area contributed by atoms with Gasteiger partial charge < -0.3 is 10.5 Å². The van der Waals surface area contributed by atoms with E-state index in [1.54, 1.807) is 6.92 Å². The summed E-state index contributed by atoms with van der Waals surface area (Å²) >= 11 is 0. The van der Waals surface area contributed by atoms with E-state index in [0.29, 0.717) is 39.3 Å². The Morgan fingerprint density at radius 3 is 2.57 bits per heavy atom. The van der Waals surface area contributed by atoms with Gasteiger partial charge in [0, 0.05) is 26.2 Å². The van der Waals surface area contributed by atoms with Gasteiger partial charge in [0.25, 0.3) is 10.2 Å². The van der Waals surface area contributed by atoms with Gasteiger partial charge in [-0.05, 0) is 6.42 Å². The molecule has 86 valence electrons. The van der Waals surface area contributed by atoms with E-state index >= 15 is 0 Å². The van der Waals surface area contributed by atoms with Crippen molar-refractivity contribution in [3.63, 3.8) is 0 Å². The predicted molar refractivity (Wildman–Crippen MR) is 55.1 cm³/mol. The molecule has 4 N–H and O–H groups in total. The van der Waals surface area contributed by atoms with Gasteiger partial charge in [0.2, 0.25) is 0 Å². The molecule has 0 bridgehead atoms. The first-order chi connectivity index (χ1) is 6.62. The van der Waals surface area contributed by atoms with Crippen molar-refractivity contribution in [2.45, 2.75) is 13.3 Å². The van der Waals surface area contributed by atoms with Gasteiger partial charge in [-0.1, -0.05) is 6.92 Å². The number of nitrogens with one attached hydrogen (secondary N) is 2. The molecule has 0 fully saturated rings. The molecule has 0 saturated carbocycles. The van der Waals surface area contributed by atoms with Gasteiger partial charge in [-0.2, -0.15) is 8.42 Å². The summed E-state index contributed by atoms with van der Waals surface area (Å²) in [5, 5.41) is 0. The third kappa shape index (κ3) is 8.39. The van der Waals surface area contributed by atoms with Crippen LogP contribution in [0.15, 0.2) is 0 Å². The Balaban J connectivity index is 3.35. The molecule has 0 aliphatic heterocycles. The number of hydrogen-bond acceptors (Lipinski definition) is 4. The molecular weight excluding hydrogens is 206 g/mol. The zero-order valence-corrected chi connectivity index (χ0v) is 9.27. The Bertz CT molecular complexity index is 218. The van der Waals surface area contributed by atoms with Crippen LogP contribution >= 0.6 is 0 Å². The average molecular weight is 225 g/mol. The third-order valence-corrected chi connectivity index (χ3v) is 2.61. The molecule has 0 unspecified atom stereocenters. The van der Waals surface area contributed by atoms with Gasteiger partial charge in [-0.15, -0.1) is 0 Å². The van der Waals surface area contributed by atoms with E-state index in [0.717, 1.165) is 0 Å². The highest BCUT2D eigenvalue weighted by atomic mass is 32.2. The lowest BCUT2D eigenvalue weighted by molar-refractivity contribution is 0.140. The Kier molecular flexibility index (Phi) is 8.01. The number of ether oxygens (including phenoxy) is 1. The molecule has 0 heterocycles. The lowest BCUT2D eigenvalue weighted by atomic mass is 10.5. The lowest BCUT2D eigenvalue weighted by Crippen LogP contribution is -2.37. The zero-order valence-electron chi connectivity index (χ0n) is 8.45. The van der Waals surface area contributed by atoms with Crippen LogP contribution in [0.25, 0.3) is 0 Å². The third-order valence-electron chi connectivity index (χ3n) is 1.35. The van der Waals surface area contributed by atoms with Crippen molar-refractivity contribution in [1.82, 2.24) is 9.44 Å². The van der Waals surface area contributed by atoms with Crippen LogP contribution in [0.5, 0.6) is 0 Å². The minimum absolute atomic E-state index is 0.375. The Morgan fingerprint density at radius 1 is 1.29 bits per heavy atom. The van der Waals surface area contributed by atoms with Crippen molar-refractivity contribution in [3.05, 3.63) is 0 Å². The molecule has 0 atom stereocenters. The molecule has 0 rings (SSSR count). The van der Waals surface area contributed by atoms with Crippen LogP contribution in [0.4, 0.5) is 0 Å². The van der Waals surface area contributed by atoms with E-state index in [1.807, 2.05) is 0 Å². The summed E-state index contributed by atoms with van der Waals surface area (Å²) in [6.45, 7) is 4.01. The Labute approximate surface area is 85.4 Å². The minimum atomic E-state index is -3.30. The van der Waals surface area contributed by atoms with Gasteiger partial charge in [0.1, 0.15) is 0 Å². The molecule has 0 aliphatic rings. The molecular formula is C7H19N3O3S. The molecule has 0 spiro atoms. The second-order valence-electron chi connectivity index (χ2n) is 2.65.